The molecule has 0 saturated carbocycles. The smallest absolute Gasteiger partial charge is 0.227 e. The molecule has 1 heterocycles. The third-order valence-electron chi connectivity index (χ3n) is 2.85. The summed E-state index contributed by atoms with van der Waals surface area (Å²) in [6, 6.07) is 5.33. The number of alkyl halides is 1. The molecule has 0 radical (unpaired) electrons. The lowest BCUT2D eigenvalue weighted by Gasteiger charge is -2.18. The number of amides is 1. The van der Waals surface area contributed by atoms with Crippen LogP contribution in [0.25, 0.3) is 0 Å². The molecule has 1 aromatic carbocycles. The van der Waals surface area contributed by atoms with Crippen LogP contribution in [0.3, 0.4) is 0 Å². The number of aromatic hydroxyl groups is 1. The highest BCUT2D eigenvalue weighted by molar-refractivity contribution is 6.18. The maximum atomic E-state index is 11.7. The van der Waals surface area contributed by atoms with Gasteiger partial charge in [-0.1, -0.05) is 6.07 Å². The van der Waals surface area contributed by atoms with Gasteiger partial charge in [0.15, 0.2) is 0 Å². The summed E-state index contributed by atoms with van der Waals surface area (Å²) in [6.45, 7) is 2.50. The molecule has 1 N–H and O–H groups in total. The maximum absolute atomic E-state index is 11.7. The van der Waals surface area contributed by atoms with Gasteiger partial charge in [-0.05, 0) is 30.5 Å². The number of benzene rings is 1. The lowest BCUT2D eigenvalue weighted by atomic mass is 10.1. The predicted molar refractivity (Wildman–Crippen MR) is 64.0 cm³/mol. The molecule has 1 atom stereocenters. The van der Waals surface area contributed by atoms with E-state index in [4.69, 9.17) is 11.6 Å². The van der Waals surface area contributed by atoms with Crippen molar-refractivity contribution >= 4 is 23.2 Å². The number of hydrogen-bond donors (Lipinski definition) is 1. The van der Waals surface area contributed by atoms with Gasteiger partial charge < -0.3 is 10.0 Å². The summed E-state index contributed by atoms with van der Waals surface area (Å²) < 4.78 is 0. The Hall–Kier alpha value is -1.22. The Kier molecular flexibility index (Phi) is 3.06. The Morgan fingerprint density at radius 2 is 2.31 bits per heavy atom. The topological polar surface area (TPSA) is 40.5 Å². The Bertz CT molecular complexity index is 419. The fourth-order valence-corrected chi connectivity index (χ4v) is 2.19. The van der Waals surface area contributed by atoms with E-state index in [1.165, 1.54) is 0 Å². The molecule has 0 spiro atoms. The van der Waals surface area contributed by atoms with Crippen molar-refractivity contribution in [2.45, 2.75) is 13.3 Å². The first-order valence-corrected chi connectivity index (χ1v) is 5.81. The van der Waals surface area contributed by atoms with E-state index in [1.807, 2.05) is 13.0 Å². The average molecular weight is 240 g/mol. The fourth-order valence-electron chi connectivity index (χ4n) is 1.98. The van der Waals surface area contributed by atoms with E-state index < -0.39 is 0 Å². The molecule has 1 fully saturated rings. The van der Waals surface area contributed by atoms with E-state index in [-0.39, 0.29) is 17.6 Å². The summed E-state index contributed by atoms with van der Waals surface area (Å²) in [5, 5.41) is 9.80. The second-order valence-electron chi connectivity index (χ2n) is 4.22. The zero-order valence-corrected chi connectivity index (χ0v) is 9.87. The standard InChI is InChI=1S/C12H14ClNO2/c1-8-2-3-10(11(15)4-8)14-7-9(6-13)5-12(14)16/h2-4,9,15H,5-7H2,1H3. The zero-order valence-electron chi connectivity index (χ0n) is 9.11. The number of rotatable bonds is 2. The number of nitrogens with zero attached hydrogens (tertiary/aromatic N) is 1. The molecule has 1 aliphatic heterocycles. The predicted octanol–water partition coefficient (Wildman–Crippen LogP) is 2.29. The molecule has 1 unspecified atom stereocenters. The zero-order chi connectivity index (χ0) is 11.7. The van der Waals surface area contributed by atoms with Crippen LogP contribution in [0.4, 0.5) is 5.69 Å². The monoisotopic (exact) mass is 239 g/mol. The average Bonchev–Trinajstić information content (AvgIpc) is 2.60. The number of phenolic OH excluding ortho intramolecular Hbond substituents is 1. The Morgan fingerprint density at radius 1 is 1.56 bits per heavy atom. The van der Waals surface area contributed by atoms with Crippen molar-refractivity contribution in [2.75, 3.05) is 17.3 Å². The van der Waals surface area contributed by atoms with Gasteiger partial charge in [-0.2, -0.15) is 0 Å². The third kappa shape index (κ3) is 2.00. The summed E-state index contributed by atoms with van der Waals surface area (Å²) in [6.07, 6.45) is 0.469. The van der Waals surface area contributed by atoms with Crippen LogP contribution in [0.5, 0.6) is 5.75 Å². The molecule has 16 heavy (non-hydrogen) atoms. The van der Waals surface area contributed by atoms with E-state index in [9.17, 15) is 9.90 Å². The summed E-state index contributed by atoms with van der Waals surface area (Å²) in [5.41, 5.74) is 1.56. The first kappa shape index (κ1) is 11.3. The van der Waals surface area contributed by atoms with Crippen molar-refractivity contribution in [2.24, 2.45) is 5.92 Å². The molecule has 1 aliphatic rings. The molecular weight excluding hydrogens is 226 g/mol. The van der Waals surface area contributed by atoms with Gasteiger partial charge in [0.2, 0.25) is 5.91 Å². The first-order chi connectivity index (χ1) is 7.61. The molecule has 1 aromatic rings. The molecular formula is C12H14ClNO2. The van der Waals surface area contributed by atoms with E-state index >= 15 is 0 Å². The van der Waals surface area contributed by atoms with Crippen molar-refractivity contribution in [3.63, 3.8) is 0 Å². The van der Waals surface area contributed by atoms with Gasteiger partial charge in [0.05, 0.1) is 5.69 Å². The maximum Gasteiger partial charge on any atom is 0.227 e. The summed E-state index contributed by atoms with van der Waals surface area (Å²) in [7, 11) is 0. The number of halogens is 1. The van der Waals surface area contributed by atoms with Gasteiger partial charge in [0.25, 0.3) is 0 Å². The van der Waals surface area contributed by atoms with Crippen LogP contribution in [0.2, 0.25) is 0 Å². The van der Waals surface area contributed by atoms with Crippen molar-refractivity contribution in [1.29, 1.82) is 0 Å². The van der Waals surface area contributed by atoms with Crippen LogP contribution in [0.15, 0.2) is 18.2 Å². The molecule has 3 nitrogen and oxygen atoms in total. The minimum Gasteiger partial charge on any atom is -0.506 e. The molecule has 1 amide bonds. The number of aryl methyl sites for hydroxylation is 1. The van der Waals surface area contributed by atoms with Crippen LogP contribution >= 0.6 is 11.6 Å². The minimum absolute atomic E-state index is 0.0322. The van der Waals surface area contributed by atoms with Crippen molar-refractivity contribution in [3.8, 4) is 5.75 Å². The van der Waals surface area contributed by atoms with Gasteiger partial charge >= 0.3 is 0 Å². The Labute approximate surface area is 99.6 Å². The Morgan fingerprint density at radius 3 is 2.88 bits per heavy atom. The molecule has 0 aliphatic carbocycles. The number of hydrogen-bond acceptors (Lipinski definition) is 2. The van der Waals surface area contributed by atoms with E-state index in [1.54, 1.807) is 17.0 Å². The van der Waals surface area contributed by atoms with Gasteiger partial charge in [0.1, 0.15) is 5.75 Å². The largest absolute Gasteiger partial charge is 0.506 e. The lowest BCUT2D eigenvalue weighted by molar-refractivity contribution is -0.117. The van der Waals surface area contributed by atoms with Gasteiger partial charge in [-0.3, -0.25) is 4.79 Å². The van der Waals surface area contributed by atoms with E-state index in [0.29, 0.717) is 24.5 Å². The highest BCUT2D eigenvalue weighted by atomic mass is 35.5. The normalized spacial score (nSPS) is 20.5. The van der Waals surface area contributed by atoms with Gasteiger partial charge in [0, 0.05) is 18.8 Å². The summed E-state index contributed by atoms with van der Waals surface area (Å²) in [5.74, 6) is 0.859. The fraction of sp³-hybridized carbons (Fsp3) is 0.417. The van der Waals surface area contributed by atoms with E-state index in [2.05, 4.69) is 0 Å². The molecule has 0 aromatic heterocycles. The lowest BCUT2D eigenvalue weighted by Crippen LogP contribution is -2.24. The highest BCUT2D eigenvalue weighted by Crippen LogP contribution is 2.33. The van der Waals surface area contributed by atoms with Crippen molar-refractivity contribution in [3.05, 3.63) is 23.8 Å². The Balaban J connectivity index is 2.28. The summed E-state index contributed by atoms with van der Waals surface area (Å²) >= 11 is 5.75. The molecule has 2 rings (SSSR count). The van der Waals surface area contributed by atoms with Gasteiger partial charge in [-0.15, -0.1) is 11.6 Å². The number of anilines is 1. The van der Waals surface area contributed by atoms with Crippen LogP contribution in [0.1, 0.15) is 12.0 Å². The quantitative estimate of drug-likeness (QED) is 0.805. The number of carbonyl (C=O) groups is 1. The van der Waals surface area contributed by atoms with Crippen LogP contribution in [-0.4, -0.2) is 23.4 Å². The van der Waals surface area contributed by atoms with E-state index in [0.717, 1.165) is 5.56 Å². The second-order valence-corrected chi connectivity index (χ2v) is 4.53. The van der Waals surface area contributed by atoms with Gasteiger partial charge in [-0.25, -0.2) is 0 Å². The van der Waals surface area contributed by atoms with Crippen LogP contribution < -0.4 is 4.90 Å². The minimum atomic E-state index is 0.0322. The van der Waals surface area contributed by atoms with Crippen LogP contribution in [0, 0.1) is 12.8 Å². The highest BCUT2D eigenvalue weighted by Gasteiger charge is 2.31. The molecule has 1 saturated heterocycles. The third-order valence-corrected chi connectivity index (χ3v) is 3.28. The first-order valence-electron chi connectivity index (χ1n) is 5.27. The number of carbonyl (C=O) groups excluding carboxylic acids is 1. The van der Waals surface area contributed by atoms with Crippen LogP contribution in [-0.2, 0) is 4.79 Å². The number of phenols is 1. The van der Waals surface area contributed by atoms with Crippen molar-refractivity contribution in [1.82, 2.24) is 0 Å². The van der Waals surface area contributed by atoms with Crippen molar-refractivity contribution < 1.29 is 9.90 Å². The molecule has 4 heteroatoms. The molecule has 0 bridgehead atoms. The second kappa shape index (κ2) is 4.34. The SMILES string of the molecule is Cc1ccc(N2CC(CCl)CC2=O)c(O)c1. The molecule has 86 valence electrons. The summed E-state index contributed by atoms with van der Waals surface area (Å²) in [4.78, 5) is 13.4.